The molecule has 0 aliphatic heterocycles. The van der Waals surface area contributed by atoms with Gasteiger partial charge < -0.3 is 5.32 Å². The summed E-state index contributed by atoms with van der Waals surface area (Å²) >= 11 is 0. The van der Waals surface area contributed by atoms with Gasteiger partial charge in [-0.2, -0.15) is 0 Å². The Labute approximate surface area is 108 Å². The predicted molar refractivity (Wildman–Crippen MR) is 68.7 cm³/mol. The standard InChI is InChI=1S/C10H21N5O2S/c1-5-18(16,17)7-6-15-9(12-13-14-15)8-11-10(2,3)4/h11H,5-8H2,1-4H3. The highest BCUT2D eigenvalue weighted by molar-refractivity contribution is 7.91. The maximum atomic E-state index is 11.4. The van der Waals surface area contributed by atoms with Gasteiger partial charge in [0.1, 0.15) is 0 Å². The van der Waals surface area contributed by atoms with Gasteiger partial charge in [-0.1, -0.05) is 6.92 Å². The van der Waals surface area contributed by atoms with E-state index in [1.165, 1.54) is 4.68 Å². The second-order valence-corrected chi connectivity index (χ2v) is 7.63. The first-order chi connectivity index (χ1) is 8.23. The highest BCUT2D eigenvalue weighted by Gasteiger charge is 2.14. The predicted octanol–water partition coefficient (Wildman–Crippen LogP) is -0.00410. The summed E-state index contributed by atoms with van der Waals surface area (Å²) < 4.78 is 24.4. The molecule has 0 spiro atoms. The van der Waals surface area contributed by atoms with Crippen molar-refractivity contribution >= 4 is 9.84 Å². The maximum absolute atomic E-state index is 11.4. The lowest BCUT2D eigenvalue weighted by Gasteiger charge is -2.19. The molecular formula is C10H21N5O2S. The van der Waals surface area contributed by atoms with Crippen LogP contribution < -0.4 is 5.32 Å². The third kappa shape index (κ3) is 5.09. The Hall–Kier alpha value is -1.02. The second kappa shape index (κ2) is 5.75. The molecule has 1 aromatic rings. The van der Waals surface area contributed by atoms with Gasteiger partial charge >= 0.3 is 0 Å². The molecule has 1 aromatic heterocycles. The minimum absolute atomic E-state index is 0.0354. The second-order valence-electron chi connectivity index (χ2n) is 5.16. The van der Waals surface area contributed by atoms with Crippen molar-refractivity contribution in [2.75, 3.05) is 11.5 Å². The van der Waals surface area contributed by atoms with E-state index in [-0.39, 0.29) is 17.0 Å². The molecule has 8 heteroatoms. The average Bonchev–Trinajstić information content (AvgIpc) is 2.70. The topological polar surface area (TPSA) is 89.8 Å². The van der Waals surface area contributed by atoms with Gasteiger partial charge in [-0.05, 0) is 31.2 Å². The molecule has 1 N–H and O–H groups in total. The van der Waals surface area contributed by atoms with Gasteiger partial charge in [0.25, 0.3) is 0 Å². The smallest absolute Gasteiger partial charge is 0.165 e. The van der Waals surface area contributed by atoms with Crippen LogP contribution in [0.3, 0.4) is 0 Å². The molecule has 0 saturated heterocycles. The van der Waals surface area contributed by atoms with Crippen LogP contribution in [0.1, 0.15) is 33.5 Å². The molecule has 0 radical (unpaired) electrons. The average molecular weight is 275 g/mol. The number of hydrogen-bond acceptors (Lipinski definition) is 6. The van der Waals surface area contributed by atoms with Crippen LogP contribution in [0.15, 0.2) is 0 Å². The van der Waals surface area contributed by atoms with E-state index in [0.29, 0.717) is 18.9 Å². The van der Waals surface area contributed by atoms with Gasteiger partial charge in [-0.15, -0.1) is 5.10 Å². The van der Waals surface area contributed by atoms with Crippen molar-refractivity contribution in [3.8, 4) is 0 Å². The number of nitrogens with one attached hydrogen (secondary N) is 1. The Balaban J connectivity index is 2.61. The Kier molecular flexibility index (Phi) is 4.80. The van der Waals surface area contributed by atoms with E-state index in [1.807, 2.05) is 20.8 Å². The molecule has 1 rings (SSSR count). The molecule has 7 nitrogen and oxygen atoms in total. The summed E-state index contributed by atoms with van der Waals surface area (Å²) in [5, 5.41) is 14.5. The lowest BCUT2D eigenvalue weighted by Crippen LogP contribution is -2.36. The number of nitrogens with zero attached hydrogens (tertiary/aromatic N) is 4. The zero-order valence-electron chi connectivity index (χ0n) is 11.3. The molecule has 0 aliphatic carbocycles. The Morgan fingerprint density at radius 2 is 2.00 bits per heavy atom. The van der Waals surface area contributed by atoms with Crippen LogP contribution in [0.4, 0.5) is 0 Å². The highest BCUT2D eigenvalue weighted by Crippen LogP contribution is 2.02. The first-order valence-corrected chi connectivity index (χ1v) is 7.76. The molecule has 0 aromatic carbocycles. The van der Waals surface area contributed by atoms with Gasteiger partial charge in [-0.3, -0.25) is 0 Å². The summed E-state index contributed by atoms with van der Waals surface area (Å²) in [4.78, 5) is 0. The zero-order chi connectivity index (χ0) is 13.8. The Morgan fingerprint density at radius 3 is 2.56 bits per heavy atom. The van der Waals surface area contributed by atoms with E-state index in [9.17, 15) is 8.42 Å². The molecule has 1 heterocycles. The van der Waals surface area contributed by atoms with Crippen LogP contribution in [0.5, 0.6) is 0 Å². The molecule has 0 fully saturated rings. The summed E-state index contributed by atoms with van der Waals surface area (Å²) in [5.74, 6) is 0.859. The van der Waals surface area contributed by atoms with Crippen molar-refractivity contribution in [1.29, 1.82) is 0 Å². The van der Waals surface area contributed by atoms with Crippen LogP contribution in [0.2, 0.25) is 0 Å². The van der Waals surface area contributed by atoms with Crippen LogP contribution >= 0.6 is 0 Å². The fraction of sp³-hybridized carbons (Fsp3) is 0.900. The summed E-state index contributed by atoms with van der Waals surface area (Å²) in [7, 11) is -2.99. The number of rotatable bonds is 6. The van der Waals surface area contributed by atoms with Crippen LogP contribution in [-0.4, -0.2) is 45.7 Å². The number of sulfone groups is 1. The van der Waals surface area contributed by atoms with Gasteiger partial charge in [-0.25, -0.2) is 13.1 Å². The van der Waals surface area contributed by atoms with Crippen molar-refractivity contribution in [3.05, 3.63) is 5.82 Å². The lowest BCUT2D eigenvalue weighted by molar-refractivity contribution is 0.409. The number of tetrazole rings is 1. The van der Waals surface area contributed by atoms with Gasteiger partial charge in [0.15, 0.2) is 15.7 Å². The molecule has 0 saturated carbocycles. The quantitative estimate of drug-likeness (QED) is 0.785. The minimum Gasteiger partial charge on any atom is -0.305 e. The lowest BCUT2D eigenvalue weighted by atomic mass is 10.1. The monoisotopic (exact) mass is 275 g/mol. The van der Waals surface area contributed by atoms with E-state index >= 15 is 0 Å². The maximum Gasteiger partial charge on any atom is 0.165 e. The van der Waals surface area contributed by atoms with E-state index in [1.54, 1.807) is 6.92 Å². The first kappa shape index (κ1) is 15.0. The summed E-state index contributed by atoms with van der Waals surface area (Å²) in [6.45, 7) is 8.58. The SMILES string of the molecule is CCS(=O)(=O)CCn1nnnc1CNC(C)(C)C. The van der Waals surface area contributed by atoms with E-state index in [4.69, 9.17) is 0 Å². The number of aryl methyl sites for hydroxylation is 1. The molecule has 0 amide bonds. The Morgan fingerprint density at radius 1 is 1.33 bits per heavy atom. The van der Waals surface area contributed by atoms with Gasteiger partial charge in [0, 0.05) is 11.3 Å². The third-order valence-electron chi connectivity index (χ3n) is 2.44. The van der Waals surface area contributed by atoms with Crippen LogP contribution in [0.25, 0.3) is 0 Å². The largest absolute Gasteiger partial charge is 0.305 e. The number of aromatic nitrogens is 4. The molecule has 104 valence electrons. The van der Waals surface area contributed by atoms with Crippen molar-refractivity contribution in [3.63, 3.8) is 0 Å². The highest BCUT2D eigenvalue weighted by atomic mass is 32.2. The molecular weight excluding hydrogens is 254 g/mol. The van der Waals surface area contributed by atoms with Crippen molar-refractivity contribution < 1.29 is 8.42 Å². The zero-order valence-corrected chi connectivity index (χ0v) is 12.2. The van der Waals surface area contributed by atoms with E-state index < -0.39 is 9.84 Å². The van der Waals surface area contributed by atoms with Crippen molar-refractivity contribution in [2.24, 2.45) is 0 Å². The first-order valence-electron chi connectivity index (χ1n) is 5.94. The summed E-state index contributed by atoms with van der Waals surface area (Å²) in [6.07, 6.45) is 0. The van der Waals surface area contributed by atoms with Crippen molar-refractivity contribution in [1.82, 2.24) is 25.5 Å². The fourth-order valence-corrected chi connectivity index (χ4v) is 1.98. The summed E-state index contributed by atoms with van der Waals surface area (Å²) in [6, 6.07) is 0. The fourth-order valence-electron chi connectivity index (χ4n) is 1.24. The van der Waals surface area contributed by atoms with Crippen molar-refractivity contribution in [2.45, 2.75) is 46.3 Å². The Bertz CT molecular complexity index is 475. The molecule has 0 unspecified atom stereocenters. The van der Waals surface area contributed by atoms with Gasteiger partial charge in [0.2, 0.25) is 0 Å². The van der Waals surface area contributed by atoms with Crippen LogP contribution in [-0.2, 0) is 22.9 Å². The molecule has 18 heavy (non-hydrogen) atoms. The normalized spacial score (nSPS) is 12.9. The molecule has 0 aliphatic rings. The van der Waals surface area contributed by atoms with E-state index in [0.717, 1.165) is 0 Å². The summed E-state index contributed by atoms with van der Waals surface area (Å²) in [5.41, 5.74) is -0.0354. The number of hydrogen-bond donors (Lipinski definition) is 1. The minimum atomic E-state index is -2.99. The van der Waals surface area contributed by atoms with Gasteiger partial charge in [0.05, 0.1) is 18.8 Å². The van der Waals surface area contributed by atoms with E-state index in [2.05, 4.69) is 20.8 Å². The third-order valence-corrected chi connectivity index (χ3v) is 4.12. The van der Waals surface area contributed by atoms with Crippen LogP contribution in [0, 0.1) is 0 Å². The molecule has 0 bridgehead atoms. The molecule has 0 atom stereocenters.